The fourth-order valence-corrected chi connectivity index (χ4v) is 1.88. The molecule has 0 amide bonds. The van der Waals surface area contributed by atoms with E-state index in [1.165, 1.54) is 0 Å². The molecule has 1 N–H and O–H groups in total. The molecule has 0 atom stereocenters. The van der Waals surface area contributed by atoms with Gasteiger partial charge in [-0.15, -0.1) is 0 Å². The van der Waals surface area contributed by atoms with Gasteiger partial charge in [-0.1, -0.05) is 11.6 Å². The van der Waals surface area contributed by atoms with Crippen molar-refractivity contribution in [3.63, 3.8) is 0 Å². The number of hydrogen-bond donors (Lipinski definition) is 1. The molecule has 8 heteroatoms. The highest BCUT2D eigenvalue weighted by Crippen LogP contribution is 2.06. The Morgan fingerprint density at radius 3 is 2.80 bits per heavy atom. The Hall–Kier alpha value is -1.47. The summed E-state index contributed by atoms with van der Waals surface area (Å²) < 4.78 is 4.77. The minimum Gasteiger partial charge on any atom is -0.297 e. The van der Waals surface area contributed by atoms with Crippen LogP contribution in [0.5, 0.6) is 0 Å². The smallest absolute Gasteiger partial charge is 0.297 e. The van der Waals surface area contributed by atoms with Gasteiger partial charge in [0.15, 0.2) is 0 Å². The van der Waals surface area contributed by atoms with Crippen LogP contribution in [0.15, 0.2) is 15.7 Å². The molecule has 0 fully saturated rings. The molecule has 2 aromatic heterocycles. The van der Waals surface area contributed by atoms with E-state index in [1.54, 1.807) is 6.92 Å². The van der Waals surface area contributed by atoms with Crippen molar-refractivity contribution in [1.29, 1.82) is 0 Å². The average molecular weight is 245 g/mol. The Morgan fingerprint density at radius 1 is 1.53 bits per heavy atom. The Kier molecular flexibility index (Phi) is 2.41. The molecule has 0 aliphatic heterocycles. The summed E-state index contributed by atoms with van der Waals surface area (Å²) in [6, 6.07) is 1.11. The first-order chi connectivity index (χ1) is 7.08. The van der Waals surface area contributed by atoms with Crippen LogP contribution in [0.1, 0.15) is 5.82 Å². The van der Waals surface area contributed by atoms with Crippen LogP contribution < -0.4 is 11.2 Å². The molecule has 0 spiro atoms. The average Bonchev–Trinajstić information content (AvgIpc) is 2.49. The summed E-state index contributed by atoms with van der Waals surface area (Å²) in [4.78, 5) is 29.1. The lowest BCUT2D eigenvalue weighted by molar-refractivity contribution is 0.862. The van der Waals surface area contributed by atoms with Crippen LogP contribution in [0.25, 0.3) is 5.13 Å². The number of H-pyrrole nitrogens is 1. The highest BCUT2D eigenvalue weighted by Gasteiger charge is 2.09. The first-order valence-corrected chi connectivity index (χ1v) is 5.05. The van der Waals surface area contributed by atoms with Crippen LogP contribution in [0.4, 0.5) is 0 Å². The van der Waals surface area contributed by atoms with Gasteiger partial charge in [-0.2, -0.15) is 4.37 Å². The molecule has 0 radical (unpaired) electrons. The van der Waals surface area contributed by atoms with E-state index in [0.29, 0.717) is 5.82 Å². The van der Waals surface area contributed by atoms with Crippen LogP contribution in [-0.2, 0) is 0 Å². The molecule has 2 aromatic rings. The maximum absolute atomic E-state index is 11.5. The maximum atomic E-state index is 11.5. The number of rotatable bonds is 1. The zero-order valence-electron chi connectivity index (χ0n) is 7.52. The summed E-state index contributed by atoms with van der Waals surface area (Å²) in [5.41, 5.74) is -1.15. The minimum absolute atomic E-state index is 0.00230. The van der Waals surface area contributed by atoms with Gasteiger partial charge in [0, 0.05) is 17.6 Å². The zero-order valence-corrected chi connectivity index (χ0v) is 9.09. The van der Waals surface area contributed by atoms with Crippen LogP contribution in [-0.4, -0.2) is 18.9 Å². The number of nitrogens with zero attached hydrogens (tertiary/aromatic N) is 3. The quantitative estimate of drug-likeness (QED) is 0.734. The van der Waals surface area contributed by atoms with E-state index in [0.717, 1.165) is 22.2 Å². The van der Waals surface area contributed by atoms with E-state index in [9.17, 15) is 9.59 Å². The van der Waals surface area contributed by atoms with Crippen LogP contribution >= 0.6 is 23.1 Å². The summed E-state index contributed by atoms with van der Waals surface area (Å²) in [7, 11) is 0. The topological polar surface area (TPSA) is 80.6 Å². The van der Waals surface area contributed by atoms with E-state index in [4.69, 9.17) is 11.6 Å². The molecule has 0 bridgehead atoms. The number of nitrogens with one attached hydrogen (secondary N) is 1. The van der Waals surface area contributed by atoms with Crippen LogP contribution in [0, 0.1) is 6.92 Å². The third-order valence-electron chi connectivity index (χ3n) is 1.61. The molecule has 0 aliphatic carbocycles. The molecule has 6 nitrogen and oxygen atoms in total. The highest BCUT2D eigenvalue weighted by molar-refractivity contribution is 7.08. The summed E-state index contributed by atoms with van der Waals surface area (Å²) in [5.74, 6) is 0.510. The molecular formula is C7H5ClN4O2S. The third-order valence-corrected chi connectivity index (χ3v) is 2.60. The van der Waals surface area contributed by atoms with Crippen molar-refractivity contribution in [2.24, 2.45) is 0 Å². The predicted octanol–water partition coefficient (Wildman–Crippen LogP) is 0.339. The van der Waals surface area contributed by atoms with E-state index in [2.05, 4.69) is 14.3 Å². The summed E-state index contributed by atoms with van der Waals surface area (Å²) in [5, 5.41) is 0.234. The monoisotopic (exact) mass is 244 g/mol. The standard InChI is InChI=1S/C7H5ClN4O2S/c1-3-9-7(15-11-3)12-5(13)2-4(8)10-6(12)14/h2H,1H3,(H,10,14). The Labute approximate surface area is 92.3 Å². The van der Waals surface area contributed by atoms with Gasteiger partial charge in [-0.3, -0.25) is 9.78 Å². The lowest BCUT2D eigenvalue weighted by atomic mass is 10.6. The van der Waals surface area contributed by atoms with Gasteiger partial charge in [0.25, 0.3) is 5.56 Å². The molecule has 0 aromatic carbocycles. The fraction of sp³-hybridized carbons (Fsp3) is 0.143. The van der Waals surface area contributed by atoms with Crippen molar-refractivity contribution >= 4 is 23.1 Å². The molecule has 0 saturated heterocycles. The summed E-state index contributed by atoms with van der Waals surface area (Å²) in [6.45, 7) is 1.68. The molecule has 2 heterocycles. The van der Waals surface area contributed by atoms with E-state index >= 15 is 0 Å². The third kappa shape index (κ3) is 1.83. The molecule has 0 saturated carbocycles. The van der Waals surface area contributed by atoms with Crippen molar-refractivity contribution in [1.82, 2.24) is 18.9 Å². The first-order valence-electron chi connectivity index (χ1n) is 3.90. The van der Waals surface area contributed by atoms with Crippen molar-refractivity contribution in [2.75, 3.05) is 0 Å². The Morgan fingerprint density at radius 2 is 2.27 bits per heavy atom. The van der Waals surface area contributed by atoms with Crippen molar-refractivity contribution < 1.29 is 0 Å². The number of hydrogen-bond acceptors (Lipinski definition) is 5. The van der Waals surface area contributed by atoms with Crippen molar-refractivity contribution in [2.45, 2.75) is 6.92 Å². The number of halogens is 1. The molecule has 0 unspecified atom stereocenters. The van der Waals surface area contributed by atoms with Gasteiger partial charge in [0.2, 0.25) is 5.13 Å². The summed E-state index contributed by atoms with van der Waals surface area (Å²) in [6.07, 6.45) is 0. The van der Waals surface area contributed by atoms with Crippen molar-refractivity contribution in [3.05, 3.63) is 37.9 Å². The van der Waals surface area contributed by atoms with Gasteiger partial charge >= 0.3 is 5.69 Å². The number of aromatic nitrogens is 4. The molecule has 78 valence electrons. The first kappa shape index (κ1) is 10.1. The molecular weight excluding hydrogens is 240 g/mol. The predicted molar refractivity (Wildman–Crippen MR) is 55.9 cm³/mol. The maximum Gasteiger partial charge on any atom is 0.336 e. The molecule has 2 rings (SSSR count). The Bertz CT molecular complexity index is 583. The van der Waals surface area contributed by atoms with E-state index in [1.807, 2.05) is 0 Å². The second kappa shape index (κ2) is 3.59. The molecule has 15 heavy (non-hydrogen) atoms. The lowest BCUT2D eigenvalue weighted by Gasteiger charge is -1.97. The Balaban J connectivity index is 2.74. The van der Waals surface area contributed by atoms with E-state index < -0.39 is 11.2 Å². The normalized spacial score (nSPS) is 10.5. The molecule has 0 aliphatic rings. The lowest BCUT2D eigenvalue weighted by Crippen LogP contribution is -2.32. The fourth-order valence-electron chi connectivity index (χ4n) is 1.03. The summed E-state index contributed by atoms with van der Waals surface area (Å²) >= 11 is 6.49. The second-order valence-electron chi connectivity index (χ2n) is 2.72. The van der Waals surface area contributed by atoms with Crippen LogP contribution in [0.2, 0.25) is 5.15 Å². The number of aromatic amines is 1. The van der Waals surface area contributed by atoms with E-state index in [-0.39, 0.29) is 10.3 Å². The largest absolute Gasteiger partial charge is 0.336 e. The van der Waals surface area contributed by atoms with Gasteiger partial charge in [-0.05, 0) is 6.92 Å². The van der Waals surface area contributed by atoms with Gasteiger partial charge < -0.3 is 0 Å². The van der Waals surface area contributed by atoms with Crippen LogP contribution in [0.3, 0.4) is 0 Å². The zero-order chi connectivity index (χ0) is 11.0. The second-order valence-corrected chi connectivity index (χ2v) is 3.86. The number of aryl methyl sites for hydroxylation is 1. The SMILES string of the molecule is Cc1nsc(-n2c(=O)cc(Cl)[nH]c2=O)n1. The van der Waals surface area contributed by atoms with Gasteiger partial charge in [-0.25, -0.2) is 14.3 Å². The van der Waals surface area contributed by atoms with Gasteiger partial charge in [0.1, 0.15) is 11.0 Å². The highest BCUT2D eigenvalue weighted by atomic mass is 35.5. The van der Waals surface area contributed by atoms with Gasteiger partial charge in [0.05, 0.1) is 0 Å². The van der Waals surface area contributed by atoms with Crippen molar-refractivity contribution in [3.8, 4) is 5.13 Å². The minimum atomic E-state index is -0.622.